The summed E-state index contributed by atoms with van der Waals surface area (Å²) in [5.41, 5.74) is 0.669. The van der Waals surface area contributed by atoms with E-state index >= 15 is 0 Å². The van der Waals surface area contributed by atoms with Crippen LogP contribution in [-0.2, 0) is 0 Å². The first-order chi connectivity index (χ1) is 15.4. The molecule has 166 valence electrons. The molecule has 0 aliphatic carbocycles. The lowest BCUT2D eigenvalue weighted by Gasteiger charge is -2.29. The summed E-state index contributed by atoms with van der Waals surface area (Å²) in [7, 11) is 0. The molecule has 2 aliphatic rings. The van der Waals surface area contributed by atoms with Crippen LogP contribution in [0.25, 0.3) is 11.0 Å². The largest absolute Gasteiger partial charge is 0.507 e. The van der Waals surface area contributed by atoms with Crippen LogP contribution in [0.3, 0.4) is 0 Å². The predicted octanol–water partition coefficient (Wildman–Crippen LogP) is 2.30. The molecule has 0 bridgehead atoms. The highest BCUT2D eigenvalue weighted by Gasteiger charge is 2.40. The number of likely N-dealkylation sites (tertiary alicyclic amines) is 2. The monoisotopic (exact) mass is 436 g/mol. The Kier molecular flexibility index (Phi) is 4.96. The Hall–Kier alpha value is -3.62. The molecule has 2 aliphatic heterocycles. The molecule has 2 aromatic heterocycles. The van der Waals surface area contributed by atoms with E-state index in [0.29, 0.717) is 42.0 Å². The molecule has 0 saturated carbocycles. The van der Waals surface area contributed by atoms with Gasteiger partial charge in [-0.25, -0.2) is 4.98 Å². The lowest BCUT2D eigenvalue weighted by molar-refractivity contribution is 0.0680. The van der Waals surface area contributed by atoms with Crippen molar-refractivity contribution in [1.29, 1.82) is 0 Å². The number of benzene rings is 1. The summed E-state index contributed by atoms with van der Waals surface area (Å²) in [4.78, 5) is 48.2. The van der Waals surface area contributed by atoms with Crippen LogP contribution in [0.5, 0.6) is 5.75 Å². The Morgan fingerprint density at radius 3 is 2.84 bits per heavy atom. The molecule has 2 N–H and O–H groups in total. The molecule has 0 radical (unpaired) electrons. The number of furan rings is 1. The third-order valence-electron chi connectivity index (χ3n) is 6.49. The molecular weight excluding hydrogens is 412 g/mol. The number of nitrogens with zero attached hydrogens (tertiary/aromatic N) is 3. The lowest BCUT2D eigenvalue weighted by Crippen LogP contribution is -2.41. The van der Waals surface area contributed by atoms with Gasteiger partial charge in [0, 0.05) is 37.3 Å². The fraction of sp³-hybridized carbons (Fsp3) is 0.391. The zero-order valence-electron chi connectivity index (χ0n) is 17.7. The number of hydrogen-bond donors (Lipinski definition) is 2. The molecule has 2 atom stereocenters. The summed E-state index contributed by atoms with van der Waals surface area (Å²) in [6.07, 6.45) is 4.03. The van der Waals surface area contributed by atoms with Crippen molar-refractivity contribution in [3.05, 3.63) is 58.0 Å². The van der Waals surface area contributed by atoms with Gasteiger partial charge in [0.05, 0.1) is 11.6 Å². The standard InChI is InChI=1S/C23H24N4O5/c1-13-24-17(11-21(29)25-13)23(31)26-7-4-14(12-26)18-3-2-6-27(18)22(30)15-9-19(28)16-5-8-32-20(16)10-15/h5,8-11,14,18,28H,2-4,6-7,12H2,1H3,(H,24,25,29). The number of hydrogen-bond acceptors (Lipinski definition) is 6. The van der Waals surface area contributed by atoms with Crippen molar-refractivity contribution in [1.82, 2.24) is 19.8 Å². The Morgan fingerprint density at radius 2 is 2.03 bits per heavy atom. The molecule has 5 rings (SSSR count). The van der Waals surface area contributed by atoms with Crippen LogP contribution in [0.4, 0.5) is 0 Å². The number of aromatic hydroxyl groups is 1. The maximum Gasteiger partial charge on any atom is 0.272 e. The maximum atomic E-state index is 13.3. The van der Waals surface area contributed by atoms with Crippen molar-refractivity contribution in [2.45, 2.75) is 32.2 Å². The lowest BCUT2D eigenvalue weighted by atomic mass is 9.96. The van der Waals surface area contributed by atoms with Gasteiger partial charge in [0.2, 0.25) is 0 Å². The topological polar surface area (TPSA) is 120 Å². The zero-order chi connectivity index (χ0) is 22.4. The SMILES string of the molecule is Cc1nc(C(=O)N2CCC(C3CCCN3C(=O)c3cc(O)c4ccoc4c3)C2)cc(=O)[nH]1. The number of rotatable bonds is 3. The van der Waals surface area contributed by atoms with E-state index < -0.39 is 0 Å². The van der Waals surface area contributed by atoms with E-state index in [-0.39, 0.29) is 40.8 Å². The quantitative estimate of drug-likeness (QED) is 0.650. The van der Waals surface area contributed by atoms with E-state index in [0.717, 1.165) is 19.3 Å². The van der Waals surface area contributed by atoms with Gasteiger partial charge in [0.25, 0.3) is 17.4 Å². The summed E-state index contributed by atoms with van der Waals surface area (Å²) < 4.78 is 5.37. The minimum Gasteiger partial charge on any atom is -0.507 e. The van der Waals surface area contributed by atoms with E-state index in [1.165, 1.54) is 18.4 Å². The van der Waals surface area contributed by atoms with Crippen LogP contribution in [-0.4, -0.2) is 62.4 Å². The Balaban J connectivity index is 1.33. The Labute approximate surface area is 183 Å². The van der Waals surface area contributed by atoms with Crippen molar-refractivity contribution in [3.63, 3.8) is 0 Å². The average Bonchev–Trinajstić information content (AvgIpc) is 3.51. The molecular formula is C23H24N4O5. The van der Waals surface area contributed by atoms with Crippen LogP contribution in [0.1, 0.15) is 45.9 Å². The summed E-state index contributed by atoms with van der Waals surface area (Å²) in [6.45, 7) is 3.36. The van der Waals surface area contributed by atoms with Gasteiger partial charge in [-0.2, -0.15) is 0 Å². The smallest absolute Gasteiger partial charge is 0.272 e. The first-order valence-corrected chi connectivity index (χ1v) is 10.8. The van der Waals surface area contributed by atoms with Crippen molar-refractivity contribution in [3.8, 4) is 5.75 Å². The number of aromatic amines is 1. The molecule has 2 saturated heterocycles. The van der Waals surface area contributed by atoms with E-state index in [4.69, 9.17) is 4.42 Å². The van der Waals surface area contributed by atoms with Gasteiger partial charge in [-0.3, -0.25) is 14.4 Å². The molecule has 9 nitrogen and oxygen atoms in total. The average molecular weight is 436 g/mol. The number of carbonyl (C=O) groups is 2. The van der Waals surface area contributed by atoms with E-state index in [2.05, 4.69) is 9.97 Å². The molecule has 0 spiro atoms. The molecule has 2 amide bonds. The number of amides is 2. The molecule has 1 aromatic carbocycles. The highest BCUT2D eigenvalue weighted by Crippen LogP contribution is 2.34. The van der Waals surface area contributed by atoms with Crippen molar-refractivity contribution in [2.24, 2.45) is 5.92 Å². The van der Waals surface area contributed by atoms with Gasteiger partial charge in [-0.1, -0.05) is 0 Å². The molecule has 2 unspecified atom stereocenters. The molecule has 3 aromatic rings. The van der Waals surface area contributed by atoms with E-state index in [1.807, 2.05) is 4.90 Å². The van der Waals surface area contributed by atoms with Gasteiger partial charge in [0.15, 0.2) is 0 Å². The molecule has 9 heteroatoms. The van der Waals surface area contributed by atoms with Crippen LogP contribution in [0.15, 0.2) is 39.7 Å². The number of phenols is 1. The van der Waals surface area contributed by atoms with E-state index in [1.54, 1.807) is 24.0 Å². The number of aromatic nitrogens is 2. The number of carbonyl (C=O) groups excluding carboxylic acids is 2. The van der Waals surface area contributed by atoms with E-state index in [9.17, 15) is 19.5 Å². The Bertz CT molecular complexity index is 1260. The van der Waals surface area contributed by atoms with Gasteiger partial charge in [-0.05, 0) is 50.3 Å². The number of H-pyrrole nitrogens is 1. The van der Waals surface area contributed by atoms with Gasteiger partial charge >= 0.3 is 0 Å². The first kappa shape index (κ1) is 20.3. The van der Waals surface area contributed by atoms with Crippen LogP contribution < -0.4 is 5.56 Å². The predicted molar refractivity (Wildman–Crippen MR) is 116 cm³/mol. The number of nitrogens with one attached hydrogen (secondary N) is 1. The normalized spacial score (nSPS) is 20.9. The molecule has 4 heterocycles. The summed E-state index contributed by atoms with van der Waals surface area (Å²) in [5.74, 6) is 0.174. The third-order valence-corrected chi connectivity index (χ3v) is 6.49. The van der Waals surface area contributed by atoms with Crippen molar-refractivity contribution in [2.75, 3.05) is 19.6 Å². The summed E-state index contributed by atoms with van der Waals surface area (Å²) in [5, 5.41) is 10.8. The van der Waals surface area contributed by atoms with Gasteiger partial charge in [0.1, 0.15) is 22.9 Å². The highest BCUT2D eigenvalue weighted by atomic mass is 16.3. The highest BCUT2D eigenvalue weighted by molar-refractivity contribution is 5.99. The van der Waals surface area contributed by atoms with Gasteiger partial charge in [-0.15, -0.1) is 0 Å². The third kappa shape index (κ3) is 3.53. The minimum absolute atomic E-state index is 0.0172. The molecule has 2 fully saturated rings. The van der Waals surface area contributed by atoms with Crippen LogP contribution in [0.2, 0.25) is 0 Å². The minimum atomic E-state index is -0.346. The van der Waals surface area contributed by atoms with Crippen molar-refractivity contribution >= 4 is 22.8 Å². The number of fused-ring (bicyclic) bond motifs is 1. The van der Waals surface area contributed by atoms with Crippen molar-refractivity contribution < 1.29 is 19.1 Å². The second kappa shape index (κ2) is 7.81. The van der Waals surface area contributed by atoms with Crippen LogP contribution in [0, 0.1) is 12.8 Å². The Morgan fingerprint density at radius 1 is 1.19 bits per heavy atom. The first-order valence-electron chi connectivity index (χ1n) is 10.8. The maximum absolute atomic E-state index is 13.3. The fourth-order valence-corrected chi connectivity index (χ4v) is 5.01. The summed E-state index contributed by atoms with van der Waals surface area (Å²) >= 11 is 0. The van der Waals surface area contributed by atoms with Gasteiger partial charge < -0.3 is 24.3 Å². The number of phenolic OH excluding ortho intramolecular Hbond substituents is 1. The second-order valence-electron chi connectivity index (χ2n) is 8.55. The van der Waals surface area contributed by atoms with Crippen LogP contribution >= 0.6 is 0 Å². The summed E-state index contributed by atoms with van der Waals surface area (Å²) in [6, 6.07) is 6.06. The molecule has 32 heavy (non-hydrogen) atoms. The second-order valence-corrected chi connectivity index (χ2v) is 8.55. The number of aryl methyl sites for hydroxylation is 1. The fourth-order valence-electron chi connectivity index (χ4n) is 5.01. The zero-order valence-corrected chi connectivity index (χ0v) is 17.7.